The van der Waals surface area contributed by atoms with E-state index in [1.54, 1.807) is 32.4 Å². The zero-order valence-corrected chi connectivity index (χ0v) is 13.4. The minimum absolute atomic E-state index is 0.541. The van der Waals surface area contributed by atoms with Crippen molar-refractivity contribution in [2.24, 2.45) is 0 Å². The number of hydrogen-bond acceptors (Lipinski definition) is 3. The van der Waals surface area contributed by atoms with Crippen LogP contribution in [-0.4, -0.2) is 14.2 Å². The van der Waals surface area contributed by atoms with Crippen LogP contribution >= 0.6 is 11.6 Å². The third-order valence-electron chi connectivity index (χ3n) is 3.39. The quantitative estimate of drug-likeness (QED) is 0.605. The lowest BCUT2D eigenvalue weighted by atomic mass is 10.0. The number of benzene rings is 2. The number of hydrogen-bond donors (Lipinski definition) is 0. The van der Waals surface area contributed by atoms with Crippen molar-refractivity contribution in [1.29, 1.82) is 5.26 Å². The highest BCUT2D eigenvalue weighted by molar-refractivity contribution is 6.30. The maximum absolute atomic E-state index is 9.43. The summed E-state index contributed by atoms with van der Waals surface area (Å²) in [6.45, 7) is 1.92. The Labute approximate surface area is 135 Å². The van der Waals surface area contributed by atoms with Gasteiger partial charge in [-0.1, -0.05) is 23.7 Å². The molecular formula is C18H16ClNO2. The van der Waals surface area contributed by atoms with Crippen LogP contribution in [0.1, 0.15) is 16.7 Å². The molecule has 0 amide bonds. The van der Waals surface area contributed by atoms with Crippen molar-refractivity contribution in [3.8, 4) is 17.6 Å². The standard InChI is InChI=1S/C18H16ClNO2/c1-12-17(21-2)9-6-14(18(12)22-3)10-15(11-20)13-4-7-16(19)8-5-13/h4-10H,1-3H3/b15-10+. The molecule has 0 aromatic heterocycles. The van der Waals surface area contributed by atoms with E-state index in [0.29, 0.717) is 16.3 Å². The number of methoxy groups -OCH3 is 2. The average molecular weight is 314 g/mol. The lowest BCUT2D eigenvalue weighted by molar-refractivity contribution is 0.388. The minimum Gasteiger partial charge on any atom is -0.496 e. The summed E-state index contributed by atoms with van der Waals surface area (Å²) in [4.78, 5) is 0. The molecule has 22 heavy (non-hydrogen) atoms. The summed E-state index contributed by atoms with van der Waals surface area (Å²) >= 11 is 5.89. The molecule has 0 radical (unpaired) electrons. The second-order valence-electron chi connectivity index (χ2n) is 4.69. The van der Waals surface area contributed by atoms with Crippen LogP contribution in [-0.2, 0) is 0 Å². The largest absolute Gasteiger partial charge is 0.496 e. The number of rotatable bonds is 4. The number of nitriles is 1. The predicted molar refractivity (Wildman–Crippen MR) is 89.2 cm³/mol. The first-order valence-electron chi connectivity index (χ1n) is 6.70. The Morgan fingerprint density at radius 3 is 2.32 bits per heavy atom. The number of halogens is 1. The Morgan fingerprint density at radius 2 is 1.77 bits per heavy atom. The van der Waals surface area contributed by atoms with Crippen molar-refractivity contribution in [3.63, 3.8) is 0 Å². The Hall–Kier alpha value is -2.44. The molecule has 3 nitrogen and oxygen atoms in total. The van der Waals surface area contributed by atoms with Gasteiger partial charge >= 0.3 is 0 Å². The maximum Gasteiger partial charge on any atom is 0.132 e. The van der Waals surface area contributed by atoms with Gasteiger partial charge in [0.1, 0.15) is 11.5 Å². The normalized spacial score (nSPS) is 11.0. The fourth-order valence-corrected chi connectivity index (χ4v) is 2.39. The molecule has 0 aliphatic carbocycles. The third kappa shape index (κ3) is 3.24. The predicted octanol–water partition coefficient (Wildman–Crippen LogP) is 4.73. The Kier molecular flexibility index (Phi) is 5.08. The number of allylic oxidation sites excluding steroid dienone is 1. The number of nitrogens with zero attached hydrogens (tertiary/aromatic N) is 1. The Balaban J connectivity index is 2.53. The van der Waals surface area contributed by atoms with Crippen LogP contribution in [0.15, 0.2) is 36.4 Å². The fraction of sp³-hybridized carbons (Fsp3) is 0.167. The van der Waals surface area contributed by atoms with Gasteiger partial charge in [-0.3, -0.25) is 0 Å². The van der Waals surface area contributed by atoms with Crippen LogP contribution in [0.3, 0.4) is 0 Å². The summed E-state index contributed by atoms with van der Waals surface area (Å²) < 4.78 is 10.8. The van der Waals surface area contributed by atoms with Gasteiger partial charge in [0.15, 0.2) is 0 Å². The van der Waals surface area contributed by atoms with Gasteiger partial charge in [-0.2, -0.15) is 5.26 Å². The van der Waals surface area contributed by atoms with Crippen LogP contribution in [0.5, 0.6) is 11.5 Å². The first-order valence-corrected chi connectivity index (χ1v) is 7.07. The van der Waals surface area contributed by atoms with Crippen LogP contribution in [0, 0.1) is 18.3 Å². The zero-order valence-electron chi connectivity index (χ0n) is 12.7. The van der Waals surface area contributed by atoms with Gasteiger partial charge in [-0.15, -0.1) is 0 Å². The second-order valence-corrected chi connectivity index (χ2v) is 5.13. The fourth-order valence-electron chi connectivity index (χ4n) is 2.27. The second kappa shape index (κ2) is 7.02. The van der Waals surface area contributed by atoms with Gasteiger partial charge in [-0.05, 0) is 42.8 Å². The summed E-state index contributed by atoms with van der Waals surface area (Å²) in [5.74, 6) is 1.44. The van der Waals surface area contributed by atoms with Crippen LogP contribution < -0.4 is 9.47 Å². The molecule has 2 rings (SSSR count). The maximum atomic E-state index is 9.43. The third-order valence-corrected chi connectivity index (χ3v) is 3.64. The van der Waals surface area contributed by atoms with Crippen LogP contribution in [0.4, 0.5) is 0 Å². The first-order chi connectivity index (χ1) is 10.6. The van der Waals surface area contributed by atoms with Crippen molar-refractivity contribution in [1.82, 2.24) is 0 Å². The molecule has 0 saturated heterocycles. The van der Waals surface area contributed by atoms with E-state index < -0.39 is 0 Å². The van der Waals surface area contributed by atoms with E-state index in [-0.39, 0.29) is 0 Å². The smallest absolute Gasteiger partial charge is 0.132 e. The highest BCUT2D eigenvalue weighted by atomic mass is 35.5. The molecule has 0 atom stereocenters. The number of ether oxygens (including phenoxy) is 2. The molecule has 0 fully saturated rings. The molecule has 0 saturated carbocycles. The molecule has 0 N–H and O–H groups in total. The van der Waals surface area contributed by atoms with Gasteiger partial charge in [0.25, 0.3) is 0 Å². The molecule has 0 bridgehead atoms. The molecule has 112 valence electrons. The van der Waals surface area contributed by atoms with Crippen molar-refractivity contribution in [2.75, 3.05) is 14.2 Å². The molecule has 4 heteroatoms. The lowest BCUT2D eigenvalue weighted by Gasteiger charge is -2.12. The summed E-state index contributed by atoms with van der Waals surface area (Å²) in [5.41, 5.74) is 3.07. The highest BCUT2D eigenvalue weighted by Gasteiger charge is 2.11. The highest BCUT2D eigenvalue weighted by Crippen LogP contribution is 2.33. The van der Waals surface area contributed by atoms with Crippen LogP contribution in [0.2, 0.25) is 5.02 Å². The van der Waals surface area contributed by atoms with Gasteiger partial charge in [0, 0.05) is 16.1 Å². The SMILES string of the molecule is COc1ccc(/C=C(\C#N)c2ccc(Cl)cc2)c(OC)c1C. The van der Waals surface area contributed by atoms with Crippen molar-refractivity contribution in [3.05, 3.63) is 58.1 Å². The van der Waals surface area contributed by atoms with E-state index in [1.165, 1.54) is 0 Å². The summed E-state index contributed by atoms with van der Waals surface area (Å²) in [6.07, 6.45) is 1.80. The van der Waals surface area contributed by atoms with E-state index >= 15 is 0 Å². The molecular weight excluding hydrogens is 298 g/mol. The average Bonchev–Trinajstić information content (AvgIpc) is 2.54. The molecule has 2 aromatic carbocycles. The van der Waals surface area contributed by atoms with Crippen LogP contribution in [0.25, 0.3) is 11.6 Å². The lowest BCUT2D eigenvalue weighted by Crippen LogP contribution is -1.95. The van der Waals surface area contributed by atoms with Gasteiger partial charge in [0.2, 0.25) is 0 Å². The summed E-state index contributed by atoms with van der Waals surface area (Å²) in [6, 6.07) is 13.1. The summed E-state index contributed by atoms with van der Waals surface area (Å²) in [5, 5.41) is 10.1. The monoisotopic (exact) mass is 313 g/mol. The minimum atomic E-state index is 0.541. The van der Waals surface area contributed by atoms with Gasteiger partial charge in [-0.25, -0.2) is 0 Å². The van der Waals surface area contributed by atoms with E-state index in [0.717, 1.165) is 22.4 Å². The van der Waals surface area contributed by atoms with Gasteiger partial charge < -0.3 is 9.47 Å². The molecule has 0 spiro atoms. The topological polar surface area (TPSA) is 42.2 Å². The molecule has 0 unspecified atom stereocenters. The van der Waals surface area contributed by atoms with E-state index in [4.69, 9.17) is 21.1 Å². The van der Waals surface area contributed by atoms with Gasteiger partial charge in [0.05, 0.1) is 25.9 Å². The Morgan fingerprint density at radius 1 is 1.09 bits per heavy atom. The summed E-state index contributed by atoms with van der Waals surface area (Å²) in [7, 11) is 3.22. The Bertz CT molecular complexity index is 743. The van der Waals surface area contributed by atoms with E-state index in [2.05, 4.69) is 6.07 Å². The molecule has 2 aromatic rings. The first kappa shape index (κ1) is 15.9. The molecule has 0 heterocycles. The molecule has 0 aliphatic heterocycles. The van der Waals surface area contributed by atoms with E-state index in [1.807, 2.05) is 31.2 Å². The van der Waals surface area contributed by atoms with Crippen molar-refractivity contribution in [2.45, 2.75) is 6.92 Å². The van der Waals surface area contributed by atoms with Crippen molar-refractivity contribution >= 4 is 23.3 Å². The molecule has 0 aliphatic rings. The van der Waals surface area contributed by atoms with Crippen molar-refractivity contribution < 1.29 is 9.47 Å². The zero-order chi connectivity index (χ0) is 16.1. The van der Waals surface area contributed by atoms with E-state index in [9.17, 15) is 5.26 Å².